The van der Waals surface area contributed by atoms with Gasteiger partial charge in [0.15, 0.2) is 0 Å². The third-order valence-corrected chi connectivity index (χ3v) is 7.33. The summed E-state index contributed by atoms with van der Waals surface area (Å²) in [5.41, 5.74) is 3.72. The normalized spacial score (nSPS) is 15.6. The number of hydrogen-bond donors (Lipinski definition) is 2. The second kappa shape index (κ2) is 9.67. The predicted octanol–water partition coefficient (Wildman–Crippen LogP) is 5.45. The lowest BCUT2D eigenvalue weighted by atomic mass is 10.2. The summed E-state index contributed by atoms with van der Waals surface area (Å²) in [5.74, 6) is -0.383. The minimum Gasteiger partial charge on any atom is -0.370 e. The van der Waals surface area contributed by atoms with E-state index in [0.717, 1.165) is 48.9 Å². The Morgan fingerprint density at radius 3 is 1.42 bits per heavy atom. The summed E-state index contributed by atoms with van der Waals surface area (Å²) < 4.78 is 0. The Bertz CT molecular complexity index is 1060. The number of benzene rings is 2. The lowest BCUT2D eigenvalue weighted by Crippen LogP contribution is -2.21. The highest BCUT2D eigenvalue weighted by molar-refractivity contribution is 7.16. The van der Waals surface area contributed by atoms with Gasteiger partial charge in [0.2, 0.25) is 0 Å². The first-order valence-electron chi connectivity index (χ1n) is 11.6. The number of thiophene rings is 1. The Morgan fingerprint density at radius 1 is 0.606 bits per heavy atom. The zero-order valence-electron chi connectivity index (χ0n) is 18.5. The van der Waals surface area contributed by atoms with Crippen LogP contribution < -0.4 is 20.4 Å². The van der Waals surface area contributed by atoms with Crippen LogP contribution >= 0.6 is 11.3 Å². The largest absolute Gasteiger partial charge is 0.370 e. The van der Waals surface area contributed by atoms with Crippen molar-refractivity contribution in [3.63, 3.8) is 0 Å². The molecular formula is C26H28N4O2S. The first-order chi connectivity index (χ1) is 16.2. The van der Waals surface area contributed by atoms with Gasteiger partial charge in [-0.25, -0.2) is 0 Å². The molecule has 0 atom stereocenters. The van der Waals surface area contributed by atoms with Gasteiger partial charge in [0, 0.05) is 26.2 Å². The molecule has 6 nitrogen and oxygen atoms in total. The molecule has 1 aromatic heterocycles. The van der Waals surface area contributed by atoms with E-state index in [1.165, 1.54) is 37.0 Å². The molecule has 3 aromatic rings. The van der Waals surface area contributed by atoms with E-state index >= 15 is 0 Å². The van der Waals surface area contributed by atoms with Crippen molar-refractivity contribution in [1.82, 2.24) is 0 Å². The number of para-hydroxylation sites is 4. The molecule has 2 amide bonds. The van der Waals surface area contributed by atoms with Crippen molar-refractivity contribution in [3.05, 3.63) is 70.4 Å². The molecule has 7 heteroatoms. The smallest absolute Gasteiger partial charge is 0.265 e. The van der Waals surface area contributed by atoms with Crippen LogP contribution in [0.1, 0.15) is 45.0 Å². The maximum atomic E-state index is 12.9. The van der Waals surface area contributed by atoms with Crippen molar-refractivity contribution in [2.75, 3.05) is 46.6 Å². The fraction of sp³-hybridized carbons (Fsp3) is 0.308. The number of hydrogen-bond acceptors (Lipinski definition) is 5. The highest BCUT2D eigenvalue weighted by Gasteiger charge is 2.20. The van der Waals surface area contributed by atoms with E-state index in [4.69, 9.17) is 0 Å². The second-order valence-corrected chi connectivity index (χ2v) is 9.58. The van der Waals surface area contributed by atoms with E-state index in [1.807, 2.05) is 48.5 Å². The molecule has 2 fully saturated rings. The van der Waals surface area contributed by atoms with Gasteiger partial charge in [-0.05, 0) is 62.1 Å². The molecule has 0 bridgehead atoms. The van der Waals surface area contributed by atoms with Crippen molar-refractivity contribution >= 4 is 45.9 Å². The first kappa shape index (κ1) is 21.5. The SMILES string of the molecule is O=C(Nc1ccccc1N1CCCC1)c1ccc(C(=O)Nc2ccccc2N2CCCC2)s1. The molecular weight excluding hydrogens is 432 g/mol. The number of nitrogens with zero attached hydrogens (tertiary/aromatic N) is 2. The van der Waals surface area contributed by atoms with Crippen LogP contribution in [0.3, 0.4) is 0 Å². The summed E-state index contributed by atoms with van der Waals surface area (Å²) in [6.07, 6.45) is 4.69. The molecule has 0 unspecified atom stereocenters. The van der Waals surface area contributed by atoms with Gasteiger partial charge in [-0.2, -0.15) is 0 Å². The van der Waals surface area contributed by atoms with Crippen molar-refractivity contribution in [2.45, 2.75) is 25.7 Å². The molecule has 5 rings (SSSR count). The third-order valence-electron chi connectivity index (χ3n) is 6.25. The zero-order valence-corrected chi connectivity index (χ0v) is 19.4. The summed E-state index contributed by atoms with van der Waals surface area (Å²) >= 11 is 1.21. The Hall–Kier alpha value is -3.32. The topological polar surface area (TPSA) is 64.7 Å². The fourth-order valence-electron chi connectivity index (χ4n) is 4.58. The van der Waals surface area contributed by atoms with Crippen LogP contribution in [0.4, 0.5) is 22.7 Å². The maximum absolute atomic E-state index is 12.9. The van der Waals surface area contributed by atoms with E-state index < -0.39 is 0 Å². The van der Waals surface area contributed by atoms with E-state index in [1.54, 1.807) is 12.1 Å². The second-order valence-electron chi connectivity index (χ2n) is 8.49. The average Bonchev–Trinajstić information content (AvgIpc) is 3.63. The van der Waals surface area contributed by atoms with Crippen LogP contribution in [0.5, 0.6) is 0 Å². The zero-order chi connectivity index (χ0) is 22.6. The standard InChI is InChI=1S/C26H28N4O2S/c31-25(27-19-9-1-3-11-21(19)29-15-5-6-16-29)23-13-14-24(33-23)26(32)28-20-10-2-4-12-22(20)30-17-7-8-18-30/h1-4,9-14H,5-8,15-18H2,(H,27,31)(H,28,32). The lowest BCUT2D eigenvalue weighted by molar-refractivity contribution is 0.102. The molecule has 2 aromatic carbocycles. The Morgan fingerprint density at radius 2 is 1.00 bits per heavy atom. The molecule has 2 saturated heterocycles. The molecule has 0 aliphatic carbocycles. The summed E-state index contributed by atoms with van der Waals surface area (Å²) in [6, 6.07) is 19.3. The average molecular weight is 461 g/mol. The number of anilines is 4. The lowest BCUT2D eigenvalue weighted by Gasteiger charge is -2.21. The molecule has 33 heavy (non-hydrogen) atoms. The third kappa shape index (κ3) is 4.73. The predicted molar refractivity (Wildman–Crippen MR) is 136 cm³/mol. The minimum absolute atomic E-state index is 0.192. The molecule has 0 radical (unpaired) electrons. The summed E-state index contributed by atoms with van der Waals surface area (Å²) in [6.45, 7) is 4.04. The first-order valence-corrected chi connectivity index (χ1v) is 12.4. The van der Waals surface area contributed by atoms with Gasteiger partial charge in [0.25, 0.3) is 11.8 Å². The van der Waals surface area contributed by atoms with Gasteiger partial charge in [-0.15, -0.1) is 11.3 Å². The highest BCUT2D eigenvalue weighted by atomic mass is 32.1. The van der Waals surface area contributed by atoms with Crippen LogP contribution in [0.15, 0.2) is 60.7 Å². The molecule has 2 aliphatic heterocycles. The molecule has 3 heterocycles. The molecule has 0 saturated carbocycles. The quantitative estimate of drug-likeness (QED) is 0.513. The van der Waals surface area contributed by atoms with E-state index in [9.17, 15) is 9.59 Å². The van der Waals surface area contributed by atoms with Gasteiger partial charge < -0.3 is 20.4 Å². The van der Waals surface area contributed by atoms with Gasteiger partial charge in [0.1, 0.15) is 0 Å². The minimum atomic E-state index is -0.192. The molecule has 170 valence electrons. The van der Waals surface area contributed by atoms with Crippen molar-refractivity contribution in [2.24, 2.45) is 0 Å². The van der Waals surface area contributed by atoms with E-state index in [0.29, 0.717) is 9.75 Å². The van der Waals surface area contributed by atoms with Crippen LogP contribution in [0, 0.1) is 0 Å². The molecule has 2 aliphatic rings. The van der Waals surface area contributed by atoms with E-state index in [-0.39, 0.29) is 11.8 Å². The van der Waals surface area contributed by atoms with Gasteiger partial charge in [0.05, 0.1) is 32.5 Å². The number of carbonyl (C=O) groups is 2. The fourth-order valence-corrected chi connectivity index (χ4v) is 5.37. The highest BCUT2D eigenvalue weighted by Crippen LogP contribution is 2.31. The summed E-state index contributed by atoms with van der Waals surface area (Å²) in [4.78, 5) is 31.5. The van der Waals surface area contributed by atoms with Gasteiger partial charge in [-0.1, -0.05) is 24.3 Å². The van der Waals surface area contributed by atoms with Gasteiger partial charge >= 0.3 is 0 Å². The number of carbonyl (C=O) groups excluding carboxylic acids is 2. The van der Waals surface area contributed by atoms with Crippen LogP contribution in [0.2, 0.25) is 0 Å². The van der Waals surface area contributed by atoms with Crippen LogP contribution in [-0.4, -0.2) is 38.0 Å². The summed E-state index contributed by atoms with van der Waals surface area (Å²) in [5, 5.41) is 6.09. The van der Waals surface area contributed by atoms with Crippen molar-refractivity contribution in [1.29, 1.82) is 0 Å². The summed E-state index contributed by atoms with van der Waals surface area (Å²) in [7, 11) is 0. The van der Waals surface area contributed by atoms with Crippen molar-refractivity contribution < 1.29 is 9.59 Å². The van der Waals surface area contributed by atoms with Crippen molar-refractivity contribution in [3.8, 4) is 0 Å². The Kier molecular flexibility index (Phi) is 6.30. The number of amides is 2. The van der Waals surface area contributed by atoms with E-state index in [2.05, 4.69) is 20.4 Å². The monoisotopic (exact) mass is 460 g/mol. The van der Waals surface area contributed by atoms with Crippen LogP contribution in [0.25, 0.3) is 0 Å². The number of rotatable bonds is 6. The maximum Gasteiger partial charge on any atom is 0.265 e. The van der Waals surface area contributed by atoms with Crippen LogP contribution in [-0.2, 0) is 0 Å². The molecule has 2 N–H and O–H groups in total. The van der Waals surface area contributed by atoms with Gasteiger partial charge in [-0.3, -0.25) is 9.59 Å². The number of nitrogens with one attached hydrogen (secondary N) is 2. The molecule has 0 spiro atoms. The Labute approximate surface area is 198 Å². The Balaban J connectivity index is 1.28.